The Hall–Kier alpha value is -1.17. The summed E-state index contributed by atoms with van der Waals surface area (Å²) < 4.78 is 14.0. The number of carbonyl (C=O) groups is 1. The van der Waals surface area contributed by atoms with Crippen LogP contribution in [0.1, 0.15) is 20.8 Å². The number of nitrogens with zero attached hydrogens (tertiary/aromatic N) is 1. The largest absolute Gasteiger partial charge is 0.356 e. The van der Waals surface area contributed by atoms with E-state index in [1.54, 1.807) is 6.92 Å². The fourth-order valence-corrected chi connectivity index (χ4v) is 1.50. The number of nitrogens with one attached hydrogen (secondary N) is 2. The first-order valence-electron chi connectivity index (χ1n) is 5.28. The molecule has 0 fully saturated rings. The van der Waals surface area contributed by atoms with Gasteiger partial charge in [0, 0.05) is 16.7 Å². The molecule has 1 unspecified atom stereocenters. The van der Waals surface area contributed by atoms with E-state index in [2.05, 4.69) is 31.5 Å². The molecule has 1 amide bonds. The van der Waals surface area contributed by atoms with Gasteiger partial charge in [-0.2, -0.15) is 0 Å². The number of anilines is 1. The molecule has 6 heteroatoms. The lowest BCUT2D eigenvalue weighted by molar-refractivity contribution is -0.122. The van der Waals surface area contributed by atoms with Crippen LogP contribution in [0.3, 0.4) is 0 Å². The van der Waals surface area contributed by atoms with Gasteiger partial charge in [0.1, 0.15) is 6.04 Å². The number of pyridine rings is 1. The van der Waals surface area contributed by atoms with Crippen molar-refractivity contribution in [3.8, 4) is 0 Å². The van der Waals surface area contributed by atoms with Gasteiger partial charge < -0.3 is 10.6 Å². The molecule has 0 spiro atoms. The summed E-state index contributed by atoms with van der Waals surface area (Å²) in [5.41, 5.74) is 0. The van der Waals surface area contributed by atoms with Gasteiger partial charge in [0.2, 0.25) is 5.91 Å². The van der Waals surface area contributed by atoms with Gasteiger partial charge in [0.05, 0.1) is 0 Å². The predicted molar refractivity (Wildman–Crippen MR) is 68.3 cm³/mol. The maximum Gasteiger partial charge on any atom is 0.242 e. The monoisotopic (exact) mass is 303 g/mol. The average molecular weight is 304 g/mol. The summed E-state index contributed by atoms with van der Waals surface area (Å²) in [5, 5.41) is 5.46. The SMILES string of the molecule is CC(C)NC(=O)C(C)Nc1ncc(Br)cc1F. The molecule has 1 heterocycles. The highest BCUT2D eigenvalue weighted by atomic mass is 79.9. The van der Waals surface area contributed by atoms with Crippen LogP contribution in [0.25, 0.3) is 0 Å². The molecule has 1 rings (SSSR count). The molecule has 1 aromatic rings. The van der Waals surface area contributed by atoms with E-state index in [4.69, 9.17) is 0 Å². The molecule has 4 nitrogen and oxygen atoms in total. The summed E-state index contributed by atoms with van der Waals surface area (Å²) in [4.78, 5) is 15.5. The number of amides is 1. The molecule has 17 heavy (non-hydrogen) atoms. The first-order valence-corrected chi connectivity index (χ1v) is 6.07. The Bertz CT molecular complexity index is 412. The Balaban J connectivity index is 2.67. The van der Waals surface area contributed by atoms with Crippen LogP contribution in [0.4, 0.5) is 10.2 Å². The first kappa shape index (κ1) is 13.9. The second kappa shape index (κ2) is 5.95. The van der Waals surface area contributed by atoms with Crippen LogP contribution in [-0.2, 0) is 4.79 Å². The average Bonchev–Trinajstić information content (AvgIpc) is 2.21. The molecule has 1 atom stereocenters. The van der Waals surface area contributed by atoms with Gasteiger partial charge in [0.25, 0.3) is 0 Å². The minimum Gasteiger partial charge on any atom is -0.356 e. The third-order valence-electron chi connectivity index (χ3n) is 1.99. The van der Waals surface area contributed by atoms with Crippen LogP contribution in [0.5, 0.6) is 0 Å². The molecule has 0 saturated heterocycles. The van der Waals surface area contributed by atoms with Crippen molar-refractivity contribution in [1.82, 2.24) is 10.3 Å². The fourth-order valence-electron chi connectivity index (χ4n) is 1.20. The van der Waals surface area contributed by atoms with E-state index in [1.165, 1.54) is 12.3 Å². The van der Waals surface area contributed by atoms with Crippen LogP contribution in [-0.4, -0.2) is 23.0 Å². The lowest BCUT2D eigenvalue weighted by atomic mass is 10.2. The van der Waals surface area contributed by atoms with Crippen molar-refractivity contribution in [2.24, 2.45) is 0 Å². The van der Waals surface area contributed by atoms with Crippen molar-refractivity contribution < 1.29 is 9.18 Å². The standard InChI is InChI=1S/C11H15BrFN3O/c1-6(2)15-11(17)7(3)16-10-9(13)4-8(12)5-14-10/h4-7H,1-3H3,(H,14,16)(H,15,17). The number of hydrogen-bond acceptors (Lipinski definition) is 3. The zero-order chi connectivity index (χ0) is 13.0. The van der Waals surface area contributed by atoms with E-state index in [-0.39, 0.29) is 17.8 Å². The summed E-state index contributed by atoms with van der Waals surface area (Å²) in [6.07, 6.45) is 1.47. The highest BCUT2D eigenvalue weighted by Gasteiger charge is 2.15. The maximum absolute atomic E-state index is 13.5. The molecule has 0 aliphatic heterocycles. The minimum absolute atomic E-state index is 0.0504. The van der Waals surface area contributed by atoms with Gasteiger partial charge >= 0.3 is 0 Å². The summed E-state index contributed by atoms with van der Waals surface area (Å²) >= 11 is 3.11. The summed E-state index contributed by atoms with van der Waals surface area (Å²) in [6, 6.07) is 0.803. The third kappa shape index (κ3) is 4.30. The topological polar surface area (TPSA) is 54.0 Å². The molecule has 0 bridgehead atoms. The van der Waals surface area contributed by atoms with E-state index in [0.717, 1.165) is 0 Å². The van der Waals surface area contributed by atoms with Gasteiger partial charge in [-0.15, -0.1) is 0 Å². The Morgan fingerprint density at radius 3 is 2.65 bits per heavy atom. The quantitative estimate of drug-likeness (QED) is 0.897. The van der Waals surface area contributed by atoms with E-state index < -0.39 is 11.9 Å². The number of rotatable bonds is 4. The zero-order valence-electron chi connectivity index (χ0n) is 9.92. The van der Waals surface area contributed by atoms with Crippen LogP contribution in [0.2, 0.25) is 0 Å². The van der Waals surface area contributed by atoms with Crippen molar-refractivity contribution in [1.29, 1.82) is 0 Å². The van der Waals surface area contributed by atoms with Crippen LogP contribution >= 0.6 is 15.9 Å². The molecular weight excluding hydrogens is 289 g/mol. The minimum atomic E-state index is -0.541. The lowest BCUT2D eigenvalue weighted by Gasteiger charge is -2.16. The van der Waals surface area contributed by atoms with Crippen LogP contribution in [0, 0.1) is 5.82 Å². The lowest BCUT2D eigenvalue weighted by Crippen LogP contribution is -2.41. The third-order valence-corrected chi connectivity index (χ3v) is 2.42. The van der Waals surface area contributed by atoms with E-state index >= 15 is 0 Å². The van der Waals surface area contributed by atoms with E-state index in [1.807, 2.05) is 13.8 Å². The van der Waals surface area contributed by atoms with E-state index in [0.29, 0.717) is 4.47 Å². The van der Waals surface area contributed by atoms with Crippen molar-refractivity contribution in [3.63, 3.8) is 0 Å². The normalized spacial score (nSPS) is 12.4. The number of carbonyl (C=O) groups excluding carboxylic acids is 1. The number of hydrogen-bond donors (Lipinski definition) is 2. The Kier molecular flexibility index (Phi) is 4.86. The number of aromatic nitrogens is 1. The molecule has 0 aliphatic carbocycles. The highest BCUT2D eigenvalue weighted by Crippen LogP contribution is 2.16. The van der Waals surface area contributed by atoms with Gasteiger partial charge in [-0.1, -0.05) is 0 Å². The molecule has 0 aliphatic rings. The zero-order valence-corrected chi connectivity index (χ0v) is 11.5. The molecule has 1 aromatic heterocycles. The van der Waals surface area contributed by atoms with E-state index in [9.17, 15) is 9.18 Å². The van der Waals surface area contributed by atoms with Gasteiger partial charge in [-0.25, -0.2) is 9.37 Å². The molecule has 94 valence electrons. The second-order valence-corrected chi connectivity index (χ2v) is 4.93. The Morgan fingerprint density at radius 1 is 1.47 bits per heavy atom. The van der Waals surface area contributed by atoms with Gasteiger partial charge in [-0.05, 0) is 42.8 Å². The van der Waals surface area contributed by atoms with Crippen molar-refractivity contribution >= 4 is 27.7 Å². The fraction of sp³-hybridized carbons (Fsp3) is 0.455. The summed E-state index contributed by atoms with van der Waals surface area (Å²) in [6.45, 7) is 5.38. The predicted octanol–water partition coefficient (Wildman–Crippen LogP) is 2.31. The van der Waals surface area contributed by atoms with Crippen molar-refractivity contribution in [2.75, 3.05) is 5.32 Å². The second-order valence-electron chi connectivity index (χ2n) is 4.01. The molecular formula is C11H15BrFN3O. The van der Waals surface area contributed by atoms with Crippen LogP contribution in [0.15, 0.2) is 16.7 Å². The molecule has 0 radical (unpaired) electrons. The number of halogens is 2. The van der Waals surface area contributed by atoms with Gasteiger partial charge in [-0.3, -0.25) is 4.79 Å². The highest BCUT2D eigenvalue weighted by molar-refractivity contribution is 9.10. The summed E-state index contributed by atoms with van der Waals surface area (Å²) in [5.74, 6) is -0.618. The molecule has 0 aromatic carbocycles. The van der Waals surface area contributed by atoms with Crippen molar-refractivity contribution in [2.45, 2.75) is 32.9 Å². The molecule has 2 N–H and O–H groups in total. The van der Waals surface area contributed by atoms with Gasteiger partial charge in [0.15, 0.2) is 11.6 Å². The Labute approximate surface area is 108 Å². The molecule has 0 saturated carbocycles. The smallest absolute Gasteiger partial charge is 0.242 e. The van der Waals surface area contributed by atoms with Crippen LogP contribution < -0.4 is 10.6 Å². The summed E-state index contributed by atoms with van der Waals surface area (Å²) in [7, 11) is 0. The Morgan fingerprint density at radius 2 is 2.12 bits per heavy atom. The van der Waals surface area contributed by atoms with Crippen molar-refractivity contribution in [3.05, 3.63) is 22.6 Å². The first-order chi connectivity index (χ1) is 7.90. The maximum atomic E-state index is 13.5.